The van der Waals surface area contributed by atoms with E-state index >= 15 is 0 Å². The van der Waals surface area contributed by atoms with E-state index in [1.54, 1.807) is 19.1 Å². The van der Waals surface area contributed by atoms with Gasteiger partial charge in [-0.05, 0) is 42.7 Å². The second-order valence-electron chi connectivity index (χ2n) is 7.46. The Hall–Kier alpha value is -3.61. The summed E-state index contributed by atoms with van der Waals surface area (Å²) in [5, 5.41) is 4.37. The summed E-state index contributed by atoms with van der Waals surface area (Å²) in [5.74, 6) is 1.23. The molecule has 2 aromatic carbocycles. The van der Waals surface area contributed by atoms with Crippen LogP contribution in [-0.4, -0.2) is 41.4 Å². The Kier molecular flexibility index (Phi) is 6.02. The lowest BCUT2D eigenvalue weighted by atomic mass is 10.0. The average molecular weight is 419 g/mol. The minimum absolute atomic E-state index is 0.145. The maximum absolute atomic E-state index is 13.4. The minimum atomic E-state index is -0.243. The zero-order valence-electron chi connectivity index (χ0n) is 17.7. The first-order chi connectivity index (χ1) is 15.1. The lowest BCUT2D eigenvalue weighted by Gasteiger charge is -2.26. The van der Waals surface area contributed by atoms with Gasteiger partial charge in [0.05, 0.1) is 26.8 Å². The van der Waals surface area contributed by atoms with Crippen molar-refractivity contribution in [1.82, 2.24) is 14.7 Å². The zero-order valence-corrected chi connectivity index (χ0v) is 17.7. The van der Waals surface area contributed by atoms with Gasteiger partial charge in [-0.15, -0.1) is 0 Å². The van der Waals surface area contributed by atoms with Gasteiger partial charge in [-0.25, -0.2) is 4.68 Å². The average Bonchev–Trinajstić information content (AvgIpc) is 3.30. The Bertz CT molecular complexity index is 1130. The fourth-order valence-corrected chi connectivity index (χ4v) is 4.01. The Morgan fingerprint density at radius 3 is 2.61 bits per heavy atom. The van der Waals surface area contributed by atoms with E-state index in [4.69, 9.17) is 9.47 Å². The molecule has 160 valence electrons. The number of ether oxygens (including phenoxy) is 2. The first-order valence-electron chi connectivity index (χ1n) is 10.3. The third-order valence-electron chi connectivity index (χ3n) is 5.57. The molecule has 1 fully saturated rings. The second kappa shape index (κ2) is 9.04. The molecule has 1 aliphatic heterocycles. The van der Waals surface area contributed by atoms with E-state index in [2.05, 4.69) is 5.10 Å². The number of rotatable bonds is 6. The van der Waals surface area contributed by atoms with Crippen LogP contribution in [0.5, 0.6) is 11.5 Å². The highest BCUT2D eigenvalue weighted by Gasteiger charge is 2.33. The molecule has 7 heteroatoms. The van der Waals surface area contributed by atoms with Gasteiger partial charge >= 0.3 is 0 Å². The smallest absolute Gasteiger partial charge is 0.274 e. The summed E-state index contributed by atoms with van der Waals surface area (Å²) in [4.78, 5) is 27.5. The normalized spacial score (nSPS) is 15.7. The van der Waals surface area contributed by atoms with E-state index in [0.29, 0.717) is 24.6 Å². The van der Waals surface area contributed by atoms with Gasteiger partial charge in [0.1, 0.15) is 17.2 Å². The zero-order chi connectivity index (χ0) is 21.8. The number of hydrogen-bond donors (Lipinski definition) is 0. The fraction of sp³-hybridized carbons (Fsp3) is 0.292. The van der Waals surface area contributed by atoms with Crippen LogP contribution in [-0.2, 0) is 6.54 Å². The Labute approximate surface area is 180 Å². The molecule has 3 aromatic rings. The van der Waals surface area contributed by atoms with Crippen LogP contribution in [0.25, 0.3) is 0 Å². The van der Waals surface area contributed by atoms with Gasteiger partial charge in [0.15, 0.2) is 0 Å². The van der Waals surface area contributed by atoms with Crippen molar-refractivity contribution in [2.75, 3.05) is 20.8 Å². The summed E-state index contributed by atoms with van der Waals surface area (Å²) in [6.45, 7) is 0.928. The molecule has 0 saturated carbocycles. The topological polar surface area (TPSA) is 73.7 Å². The van der Waals surface area contributed by atoms with Crippen LogP contribution in [0.1, 0.15) is 40.5 Å². The van der Waals surface area contributed by atoms with Crippen molar-refractivity contribution >= 4 is 5.91 Å². The van der Waals surface area contributed by atoms with Crippen LogP contribution in [0, 0.1) is 0 Å². The number of benzene rings is 2. The van der Waals surface area contributed by atoms with Crippen molar-refractivity contribution in [3.05, 3.63) is 87.8 Å². The second-order valence-corrected chi connectivity index (χ2v) is 7.46. The quantitative estimate of drug-likeness (QED) is 0.613. The summed E-state index contributed by atoms with van der Waals surface area (Å²) in [6.07, 6.45) is 1.69. The fourth-order valence-electron chi connectivity index (χ4n) is 4.01. The predicted molar refractivity (Wildman–Crippen MR) is 117 cm³/mol. The summed E-state index contributed by atoms with van der Waals surface area (Å²) < 4.78 is 12.2. The Balaban J connectivity index is 1.63. The number of likely N-dealkylation sites (tertiary alicyclic amines) is 1. The molecule has 0 N–H and O–H groups in total. The van der Waals surface area contributed by atoms with Gasteiger partial charge < -0.3 is 14.4 Å². The van der Waals surface area contributed by atoms with Crippen LogP contribution in [0.3, 0.4) is 0 Å². The molecule has 0 spiro atoms. The molecule has 4 rings (SSSR count). The van der Waals surface area contributed by atoms with Crippen molar-refractivity contribution in [3.8, 4) is 11.5 Å². The maximum Gasteiger partial charge on any atom is 0.274 e. The van der Waals surface area contributed by atoms with E-state index < -0.39 is 0 Å². The maximum atomic E-state index is 13.4. The summed E-state index contributed by atoms with van der Waals surface area (Å²) in [7, 11) is 3.23. The Morgan fingerprint density at radius 2 is 1.87 bits per heavy atom. The van der Waals surface area contributed by atoms with Crippen molar-refractivity contribution in [2.24, 2.45) is 0 Å². The lowest BCUT2D eigenvalue weighted by molar-refractivity contribution is 0.0725. The molecule has 0 radical (unpaired) electrons. The van der Waals surface area contributed by atoms with E-state index in [9.17, 15) is 9.59 Å². The minimum Gasteiger partial charge on any atom is -0.497 e. The van der Waals surface area contributed by atoms with Crippen molar-refractivity contribution in [3.63, 3.8) is 0 Å². The van der Waals surface area contributed by atoms with Gasteiger partial charge in [0, 0.05) is 18.2 Å². The molecule has 2 heterocycles. The number of carbonyl (C=O) groups is 1. The van der Waals surface area contributed by atoms with Crippen molar-refractivity contribution in [2.45, 2.75) is 25.4 Å². The molecule has 1 unspecified atom stereocenters. The Morgan fingerprint density at radius 1 is 1.06 bits per heavy atom. The number of amides is 1. The van der Waals surface area contributed by atoms with Crippen LogP contribution in [0.15, 0.2) is 65.5 Å². The molecule has 1 saturated heterocycles. The largest absolute Gasteiger partial charge is 0.497 e. The molecule has 1 amide bonds. The number of hydrogen-bond acceptors (Lipinski definition) is 5. The molecule has 31 heavy (non-hydrogen) atoms. The van der Waals surface area contributed by atoms with E-state index in [1.807, 2.05) is 48.5 Å². The van der Waals surface area contributed by atoms with Crippen LogP contribution in [0.4, 0.5) is 0 Å². The highest BCUT2D eigenvalue weighted by atomic mass is 16.5. The molecule has 7 nitrogen and oxygen atoms in total. The van der Waals surface area contributed by atoms with Gasteiger partial charge in [0.25, 0.3) is 11.5 Å². The third kappa shape index (κ3) is 4.30. The summed E-state index contributed by atoms with van der Waals surface area (Å²) in [6, 6.07) is 18.0. The lowest BCUT2D eigenvalue weighted by Crippen LogP contribution is -2.34. The van der Waals surface area contributed by atoms with Gasteiger partial charge in [0.2, 0.25) is 0 Å². The van der Waals surface area contributed by atoms with Crippen LogP contribution < -0.4 is 15.0 Å². The van der Waals surface area contributed by atoms with Gasteiger partial charge in [-0.1, -0.05) is 30.3 Å². The number of methoxy groups -OCH3 is 2. The standard InChI is InChI=1S/C24H25N3O4/c1-30-18-10-12-22(31-2)19(15-18)21-9-6-14-26(21)24(29)20-11-13-23(28)27(25-20)16-17-7-4-3-5-8-17/h3-5,7-8,10-13,15,21H,6,9,14,16H2,1-2H3. The monoisotopic (exact) mass is 419 g/mol. The van der Waals surface area contributed by atoms with Crippen LogP contribution in [0.2, 0.25) is 0 Å². The third-order valence-corrected chi connectivity index (χ3v) is 5.57. The molecular weight excluding hydrogens is 394 g/mol. The molecular formula is C24H25N3O4. The molecule has 0 aliphatic carbocycles. The molecule has 1 aromatic heterocycles. The van der Waals surface area contributed by atoms with Gasteiger partial charge in [-0.3, -0.25) is 9.59 Å². The van der Waals surface area contributed by atoms with E-state index in [1.165, 1.54) is 16.8 Å². The van der Waals surface area contributed by atoms with E-state index in [-0.39, 0.29) is 23.2 Å². The number of aromatic nitrogens is 2. The van der Waals surface area contributed by atoms with Crippen molar-refractivity contribution in [1.29, 1.82) is 0 Å². The summed E-state index contributed by atoms with van der Waals surface area (Å²) in [5.41, 5.74) is 1.87. The highest BCUT2D eigenvalue weighted by molar-refractivity contribution is 5.92. The number of nitrogens with zero attached hydrogens (tertiary/aromatic N) is 3. The van der Waals surface area contributed by atoms with Crippen molar-refractivity contribution < 1.29 is 14.3 Å². The number of carbonyl (C=O) groups excluding carboxylic acids is 1. The molecule has 1 atom stereocenters. The highest BCUT2D eigenvalue weighted by Crippen LogP contribution is 2.39. The van der Waals surface area contributed by atoms with Crippen LogP contribution >= 0.6 is 0 Å². The first-order valence-corrected chi connectivity index (χ1v) is 10.3. The molecule has 0 bridgehead atoms. The van der Waals surface area contributed by atoms with Gasteiger partial charge in [-0.2, -0.15) is 5.10 Å². The SMILES string of the molecule is COc1ccc(OC)c(C2CCCN2C(=O)c2ccc(=O)n(Cc3ccccc3)n2)c1. The summed E-state index contributed by atoms with van der Waals surface area (Å²) >= 11 is 0. The van der Waals surface area contributed by atoms with E-state index in [0.717, 1.165) is 24.0 Å². The first kappa shape index (κ1) is 20.7. The molecule has 1 aliphatic rings. The predicted octanol–water partition coefficient (Wildman–Crippen LogP) is 3.29.